The molecule has 94 valence electrons. The van der Waals surface area contributed by atoms with Gasteiger partial charge in [-0.1, -0.05) is 30.3 Å². The van der Waals surface area contributed by atoms with Crippen LogP contribution >= 0.6 is 0 Å². The van der Waals surface area contributed by atoms with E-state index in [0.29, 0.717) is 5.39 Å². The van der Waals surface area contributed by atoms with Gasteiger partial charge in [-0.2, -0.15) is 0 Å². The standard InChI is InChI=1S/C15H12N2O2/c16-13(18)8-9-4-3-7-12-14(9)10-5-1-2-6-11(10)15(19)17-12/h1-7H,8H2,(H2,16,18)(H,17,19). The zero-order valence-electron chi connectivity index (χ0n) is 10.1. The van der Waals surface area contributed by atoms with Crippen molar-refractivity contribution in [3.05, 3.63) is 58.4 Å². The first-order valence-corrected chi connectivity index (χ1v) is 5.98. The second kappa shape index (κ2) is 4.24. The average Bonchev–Trinajstić information content (AvgIpc) is 2.38. The van der Waals surface area contributed by atoms with Gasteiger partial charge in [0.1, 0.15) is 0 Å². The van der Waals surface area contributed by atoms with Crippen molar-refractivity contribution in [1.29, 1.82) is 0 Å². The Morgan fingerprint density at radius 3 is 2.53 bits per heavy atom. The second-order valence-corrected chi connectivity index (χ2v) is 4.48. The Balaban J connectivity index is 2.50. The molecule has 1 aromatic heterocycles. The quantitative estimate of drug-likeness (QED) is 0.681. The first kappa shape index (κ1) is 11.5. The Bertz CT molecular complexity index is 850. The summed E-state index contributed by atoms with van der Waals surface area (Å²) in [7, 11) is 0. The third-order valence-corrected chi connectivity index (χ3v) is 3.20. The molecular weight excluding hydrogens is 240 g/mol. The molecule has 0 fully saturated rings. The van der Waals surface area contributed by atoms with Crippen LogP contribution < -0.4 is 11.3 Å². The van der Waals surface area contributed by atoms with E-state index in [9.17, 15) is 9.59 Å². The highest BCUT2D eigenvalue weighted by Crippen LogP contribution is 2.24. The first-order valence-electron chi connectivity index (χ1n) is 5.98. The summed E-state index contributed by atoms with van der Waals surface area (Å²) in [6, 6.07) is 12.9. The molecule has 4 heteroatoms. The van der Waals surface area contributed by atoms with Crippen LogP contribution in [0.1, 0.15) is 5.56 Å². The van der Waals surface area contributed by atoms with Crippen LogP contribution in [0.15, 0.2) is 47.3 Å². The monoisotopic (exact) mass is 252 g/mol. The van der Waals surface area contributed by atoms with Crippen LogP contribution in [0.4, 0.5) is 0 Å². The predicted molar refractivity (Wildman–Crippen MR) is 75.0 cm³/mol. The van der Waals surface area contributed by atoms with Crippen LogP contribution in [0.3, 0.4) is 0 Å². The molecule has 2 aromatic carbocycles. The molecular formula is C15H12N2O2. The topological polar surface area (TPSA) is 76.0 Å². The molecule has 0 saturated heterocycles. The van der Waals surface area contributed by atoms with E-state index in [-0.39, 0.29) is 17.9 Å². The largest absolute Gasteiger partial charge is 0.369 e. The summed E-state index contributed by atoms with van der Waals surface area (Å²) in [5, 5.41) is 2.35. The smallest absolute Gasteiger partial charge is 0.256 e. The summed E-state index contributed by atoms with van der Waals surface area (Å²) in [6.07, 6.45) is 0.160. The van der Waals surface area contributed by atoms with Gasteiger partial charge in [0.2, 0.25) is 5.91 Å². The fourth-order valence-electron chi connectivity index (χ4n) is 2.45. The average molecular weight is 252 g/mol. The van der Waals surface area contributed by atoms with E-state index in [1.807, 2.05) is 36.4 Å². The third kappa shape index (κ3) is 1.87. The molecule has 0 saturated carbocycles. The highest BCUT2D eigenvalue weighted by Gasteiger charge is 2.09. The summed E-state index contributed by atoms with van der Waals surface area (Å²) in [5.74, 6) is -0.386. The van der Waals surface area contributed by atoms with Crippen LogP contribution in [0.2, 0.25) is 0 Å². The number of carbonyl (C=O) groups is 1. The van der Waals surface area contributed by atoms with E-state index in [1.165, 1.54) is 0 Å². The van der Waals surface area contributed by atoms with Gasteiger partial charge in [-0.15, -0.1) is 0 Å². The zero-order chi connectivity index (χ0) is 13.4. The first-order chi connectivity index (χ1) is 9.16. The summed E-state index contributed by atoms with van der Waals surface area (Å²) < 4.78 is 0. The molecule has 1 heterocycles. The van der Waals surface area contributed by atoms with Gasteiger partial charge in [-0.25, -0.2) is 0 Å². The Kier molecular flexibility index (Phi) is 2.56. The van der Waals surface area contributed by atoms with Gasteiger partial charge in [0, 0.05) is 16.3 Å². The number of primary amides is 1. The van der Waals surface area contributed by atoms with Gasteiger partial charge >= 0.3 is 0 Å². The number of carbonyl (C=O) groups excluding carboxylic acids is 1. The number of aromatic amines is 1. The Morgan fingerprint density at radius 1 is 1.05 bits per heavy atom. The molecule has 1 amide bonds. The minimum Gasteiger partial charge on any atom is -0.369 e. The molecule has 4 nitrogen and oxygen atoms in total. The lowest BCUT2D eigenvalue weighted by atomic mass is 9.99. The van der Waals surface area contributed by atoms with Gasteiger partial charge in [-0.05, 0) is 23.1 Å². The maximum atomic E-state index is 12.0. The van der Waals surface area contributed by atoms with Gasteiger partial charge < -0.3 is 10.7 Å². The molecule has 0 unspecified atom stereocenters. The second-order valence-electron chi connectivity index (χ2n) is 4.48. The maximum Gasteiger partial charge on any atom is 0.256 e. The Hall–Kier alpha value is -2.62. The van der Waals surface area contributed by atoms with E-state index in [0.717, 1.165) is 21.9 Å². The number of aromatic nitrogens is 1. The van der Waals surface area contributed by atoms with Gasteiger partial charge in [-0.3, -0.25) is 9.59 Å². The summed E-state index contributed by atoms with van der Waals surface area (Å²) in [5.41, 5.74) is 6.71. The normalized spacial score (nSPS) is 10.9. The highest BCUT2D eigenvalue weighted by molar-refractivity contribution is 6.07. The fraction of sp³-hybridized carbons (Fsp3) is 0.0667. The van der Waals surface area contributed by atoms with Crippen LogP contribution in [-0.2, 0) is 11.2 Å². The maximum absolute atomic E-state index is 12.0. The van der Waals surface area contributed by atoms with Gasteiger partial charge in [0.25, 0.3) is 5.56 Å². The van der Waals surface area contributed by atoms with E-state index in [2.05, 4.69) is 4.98 Å². The summed E-state index contributed by atoms with van der Waals surface area (Å²) in [6.45, 7) is 0. The third-order valence-electron chi connectivity index (χ3n) is 3.20. The SMILES string of the molecule is NC(=O)Cc1cccc2[nH]c(=O)c3ccccc3c12. The molecule has 0 aliphatic rings. The molecule has 0 aliphatic carbocycles. The lowest BCUT2D eigenvalue weighted by Crippen LogP contribution is -2.14. The molecule has 3 rings (SSSR count). The number of rotatable bonds is 2. The van der Waals surface area contributed by atoms with E-state index in [4.69, 9.17) is 5.73 Å². The molecule has 0 radical (unpaired) electrons. The minimum atomic E-state index is -0.386. The van der Waals surface area contributed by atoms with Crippen LogP contribution in [0.25, 0.3) is 21.7 Å². The minimum absolute atomic E-state index is 0.126. The molecule has 0 bridgehead atoms. The molecule has 0 atom stereocenters. The number of amides is 1. The van der Waals surface area contributed by atoms with Crippen LogP contribution in [-0.4, -0.2) is 10.9 Å². The van der Waals surface area contributed by atoms with Gasteiger partial charge in [0.15, 0.2) is 0 Å². The molecule has 0 spiro atoms. The number of pyridine rings is 1. The fourth-order valence-corrected chi connectivity index (χ4v) is 2.45. The van der Waals surface area contributed by atoms with Crippen molar-refractivity contribution in [2.75, 3.05) is 0 Å². The van der Waals surface area contributed by atoms with Crippen LogP contribution in [0.5, 0.6) is 0 Å². The molecule has 3 N–H and O–H groups in total. The number of H-pyrrole nitrogens is 1. The number of hydrogen-bond donors (Lipinski definition) is 2. The van der Waals surface area contributed by atoms with Crippen molar-refractivity contribution in [1.82, 2.24) is 4.98 Å². The van der Waals surface area contributed by atoms with Gasteiger partial charge in [0.05, 0.1) is 6.42 Å². The van der Waals surface area contributed by atoms with Crippen LogP contribution in [0, 0.1) is 0 Å². The number of nitrogens with one attached hydrogen (secondary N) is 1. The number of hydrogen-bond acceptors (Lipinski definition) is 2. The lowest BCUT2D eigenvalue weighted by molar-refractivity contribution is -0.117. The summed E-state index contributed by atoms with van der Waals surface area (Å²) in [4.78, 5) is 26.0. The van der Waals surface area contributed by atoms with Crippen molar-refractivity contribution in [3.8, 4) is 0 Å². The lowest BCUT2D eigenvalue weighted by Gasteiger charge is -2.08. The number of fused-ring (bicyclic) bond motifs is 3. The van der Waals surface area contributed by atoms with Crippen molar-refractivity contribution in [3.63, 3.8) is 0 Å². The zero-order valence-corrected chi connectivity index (χ0v) is 10.1. The Morgan fingerprint density at radius 2 is 1.79 bits per heavy atom. The van der Waals surface area contributed by atoms with Crippen molar-refractivity contribution < 1.29 is 4.79 Å². The van der Waals surface area contributed by atoms with E-state index < -0.39 is 0 Å². The van der Waals surface area contributed by atoms with Crippen molar-refractivity contribution in [2.45, 2.75) is 6.42 Å². The highest BCUT2D eigenvalue weighted by atomic mass is 16.1. The molecule has 19 heavy (non-hydrogen) atoms. The van der Waals surface area contributed by atoms with E-state index in [1.54, 1.807) is 6.07 Å². The molecule has 0 aliphatic heterocycles. The van der Waals surface area contributed by atoms with Crippen molar-refractivity contribution in [2.24, 2.45) is 5.73 Å². The van der Waals surface area contributed by atoms with Crippen molar-refractivity contribution >= 4 is 27.6 Å². The summed E-state index contributed by atoms with van der Waals surface area (Å²) >= 11 is 0. The Labute approximate surface area is 108 Å². The number of nitrogens with two attached hydrogens (primary N) is 1. The number of benzene rings is 2. The predicted octanol–water partition coefficient (Wildman–Crippen LogP) is 1.71. The van der Waals surface area contributed by atoms with E-state index >= 15 is 0 Å². The molecule has 3 aromatic rings.